The van der Waals surface area contributed by atoms with Crippen molar-refractivity contribution in [3.05, 3.63) is 32.6 Å². The molecular weight excluding hydrogens is 476 g/mol. The Kier molecular flexibility index (Phi) is 8.18. The molecule has 1 unspecified atom stereocenters. The number of nitrogens with zero attached hydrogens (tertiary/aromatic N) is 2. The van der Waals surface area contributed by atoms with Crippen LogP contribution in [0.3, 0.4) is 0 Å². The number of nitrogens with one attached hydrogen (secondary N) is 2. The highest BCUT2D eigenvalue weighted by molar-refractivity contribution is 8.04. The number of hydrogen-bond donors (Lipinski definition) is 3. The molecule has 0 radical (unpaired) electrons. The maximum absolute atomic E-state index is 13.6. The number of likely N-dealkylation sites (N-methyl/N-ethyl adjacent to an activating group) is 1. The van der Waals surface area contributed by atoms with Crippen LogP contribution in [-0.4, -0.2) is 96.9 Å². The Balaban J connectivity index is 1.47. The van der Waals surface area contributed by atoms with Crippen LogP contribution in [0.25, 0.3) is 0 Å². The second kappa shape index (κ2) is 11.1. The standard InChI is InChI=1S/C23H32N4O5S2/c1-26-8-5-14-11-19(33-17(14)6-9-26)23(31)27-13-15(12-16(27)21(29)24-7-10-32-2)25-22(30)18-3-4-20(28)34-18/h4,11,15-16,18,28H,3,5-10,12-13H2,1-2H3,(H,24,29)(H,25,30)/t15-,16+,18?/m1/s1. The highest BCUT2D eigenvalue weighted by atomic mass is 32.2. The van der Waals surface area contributed by atoms with Crippen molar-refractivity contribution in [1.29, 1.82) is 0 Å². The van der Waals surface area contributed by atoms with Gasteiger partial charge in [-0.25, -0.2) is 0 Å². The first kappa shape index (κ1) is 25.0. The fourth-order valence-corrected chi connectivity index (χ4v) is 6.57. The van der Waals surface area contributed by atoms with E-state index >= 15 is 0 Å². The van der Waals surface area contributed by atoms with E-state index in [0.717, 1.165) is 37.7 Å². The molecule has 0 aromatic carbocycles. The first-order chi connectivity index (χ1) is 16.4. The van der Waals surface area contributed by atoms with E-state index in [1.807, 2.05) is 6.07 Å². The van der Waals surface area contributed by atoms with Crippen molar-refractivity contribution in [2.45, 2.75) is 43.0 Å². The first-order valence-corrected chi connectivity index (χ1v) is 13.3. The molecule has 0 spiro atoms. The summed E-state index contributed by atoms with van der Waals surface area (Å²) in [5.41, 5.74) is 1.22. The number of allylic oxidation sites excluding steroid dienone is 1. The zero-order chi connectivity index (χ0) is 24.2. The lowest BCUT2D eigenvalue weighted by molar-refractivity contribution is -0.125. The van der Waals surface area contributed by atoms with E-state index in [1.165, 1.54) is 21.8 Å². The van der Waals surface area contributed by atoms with Crippen LogP contribution in [0.4, 0.5) is 0 Å². The smallest absolute Gasteiger partial charge is 0.264 e. The molecule has 3 aliphatic rings. The normalized spacial score (nSPS) is 24.9. The number of fused-ring (bicyclic) bond motifs is 1. The van der Waals surface area contributed by atoms with Gasteiger partial charge in [0.15, 0.2) is 0 Å². The van der Waals surface area contributed by atoms with Gasteiger partial charge in [0, 0.05) is 44.2 Å². The summed E-state index contributed by atoms with van der Waals surface area (Å²) in [6, 6.07) is 0.992. The van der Waals surface area contributed by atoms with Gasteiger partial charge in [0.1, 0.15) is 11.1 Å². The number of ether oxygens (including phenoxy) is 1. The van der Waals surface area contributed by atoms with Gasteiger partial charge in [0.2, 0.25) is 11.8 Å². The van der Waals surface area contributed by atoms with Gasteiger partial charge in [-0.2, -0.15) is 0 Å². The number of likely N-dealkylation sites (tertiary alicyclic amines) is 1. The fourth-order valence-electron chi connectivity index (χ4n) is 4.56. The third-order valence-electron chi connectivity index (χ3n) is 6.47. The molecule has 0 aliphatic carbocycles. The van der Waals surface area contributed by atoms with Crippen LogP contribution in [0, 0.1) is 0 Å². The topological polar surface area (TPSA) is 111 Å². The fraction of sp³-hybridized carbons (Fsp3) is 0.609. The Morgan fingerprint density at radius 1 is 1.24 bits per heavy atom. The second-order valence-electron chi connectivity index (χ2n) is 8.95. The van der Waals surface area contributed by atoms with Crippen molar-refractivity contribution in [2.24, 2.45) is 0 Å². The predicted octanol–water partition coefficient (Wildman–Crippen LogP) is 1.15. The van der Waals surface area contributed by atoms with E-state index in [0.29, 0.717) is 30.9 Å². The Bertz CT molecular complexity index is 940. The zero-order valence-electron chi connectivity index (χ0n) is 19.5. The summed E-state index contributed by atoms with van der Waals surface area (Å²) in [5.74, 6) is -0.587. The molecule has 0 saturated carbocycles. The molecule has 3 atom stereocenters. The maximum atomic E-state index is 13.6. The Hall–Kier alpha value is -2.08. The average molecular weight is 509 g/mol. The van der Waals surface area contributed by atoms with Crippen molar-refractivity contribution in [1.82, 2.24) is 20.4 Å². The lowest BCUT2D eigenvalue weighted by Crippen LogP contribution is -2.46. The van der Waals surface area contributed by atoms with E-state index in [4.69, 9.17) is 4.74 Å². The van der Waals surface area contributed by atoms with Gasteiger partial charge >= 0.3 is 0 Å². The summed E-state index contributed by atoms with van der Waals surface area (Å²) in [4.78, 5) is 45.0. The SMILES string of the molecule is COCCNC(=O)[C@@H]1C[C@@H](NC(=O)C2CC=C(O)S2)CN1C(=O)c1cc2c(s1)CCN(C)CC2. The van der Waals surface area contributed by atoms with Gasteiger partial charge in [-0.3, -0.25) is 14.4 Å². The Labute approximate surface area is 207 Å². The number of thioether (sulfide) groups is 1. The molecule has 1 fully saturated rings. The van der Waals surface area contributed by atoms with Crippen LogP contribution in [0.1, 0.15) is 33.0 Å². The number of rotatable bonds is 7. The summed E-state index contributed by atoms with van der Waals surface area (Å²) < 4.78 is 5.02. The van der Waals surface area contributed by atoms with Gasteiger partial charge in [0.25, 0.3) is 5.91 Å². The Morgan fingerprint density at radius 2 is 2.03 bits per heavy atom. The van der Waals surface area contributed by atoms with Gasteiger partial charge in [-0.05, 0) is 50.4 Å². The number of hydrogen-bond acceptors (Lipinski definition) is 8. The quantitative estimate of drug-likeness (QED) is 0.474. The predicted molar refractivity (Wildman–Crippen MR) is 132 cm³/mol. The minimum Gasteiger partial charge on any atom is -0.502 e. The molecule has 1 aromatic rings. The molecule has 9 nitrogen and oxygen atoms in total. The van der Waals surface area contributed by atoms with Crippen LogP contribution in [0.15, 0.2) is 17.2 Å². The van der Waals surface area contributed by atoms with E-state index < -0.39 is 6.04 Å². The third kappa shape index (κ3) is 5.76. The highest BCUT2D eigenvalue weighted by Crippen LogP contribution is 2.32. The van der Waals surface area contributed by atoms with Gasteiger partial charge in [-0.15, -0.1) is 11.3 Å². The number of amides is 3. The van der Waals surface area contributed by atoms with Crippen LogP contribution in [-0.2, 0) is 27.2 Å². The third-order valence-corrected chi connectivity index (χ3v) is 8.79. The molecule has 11 heteroatoms. The molecule has 4 rings (SSSR count). The maximum Gasteiger partial charge on any atom is 0.264 e. The molecule has 1 saturated heterocycles. The number of aliphatic hydroxyl groups excluding tert-OH is 1. The number of carbonyl (C=O) groups is 3. The molecule has 34 heavy (non-hydrogen) atoms. The molecule has 186 valence electrons. The minimum absolute atomic E-state index is 0.155. The molecule has 3 aliphatic heterocycles. The van der Waals surface area contributed by atoms with Crippen molar-refractivity contribution in [2.75, 3.05) is 46.9 Å². The van der Waals surface area contributed by atoms with Crippen molar-refractivity contribution < 1.29 is 24.2 Å². The summed E-state index contributed by atoms with van der Waals surface area (Å²) in [6.07, 6.45) is 4.28. The Morgan fingerprint density at radius 3 is 2.76 bits per heavy atom. The zero-order valence-corrected chi connectivity index (χ0v) is 21.2. The van der Waals surface area contributed by atoms with E-state index in [9.17, 15) is 19.5 Å². The summed E-state index contributed by atoms with van der Waals surface area (Å²) >= 11 is 2.65. The van der Waals surface area contributed by atoms with Gasteiger partial charge < -0.3 is 30.3 Å². The lowest BCUT2D eigenvalue weighted by atomic mass is 10.1. The molecule has 3 amide bonds. The number of thiophene rings is 1. The minimum atomic E-state index is -0.662. The second-order valence-corrected chi connectivity index (χ2v) is 11.3. The molecular formula is C23H32N4O5S2. The molecule has 0 bridgehead atoms. The van der Waals surface area contributed by atoms with Crippen LogP contribution in [0.2, 0.25) is 0 Å². The number of methoxy groups -OCH3 is 1. The van der Waals surface area contributed by atoms with Gasteiger partial charge in [-0.1, -0.05) is 11.8 Å². The lowest BCUT2D eigenvalue weighted by Gasteiger charge is -2.23. The molecule has 3 N–H and O–H groups in total. The molecule has 1 aromatic heterocycles. The highest BCUT2D eigenvalue weighted by Gasteiger charge is 2.41. The van der Waals surface area contributed by atoms with E-state index in [1.54, 1.807) is 18.1 Å². The monoisotopic (exact) mass is 508 g/mol. The largest absolute Gasteiger partial charge is 0.502 e. The van der Waals surface area contributed by atoms with E-state index in [-0.39, 0.29) is 40.6 Å². The van der Waals surface area contributed by atoms with Crippen LogP contribution >= 0.6 is 23.1 Å². The summed E-state index contributed by atoms with van der Waals surface area (Å²) in [5, 5.41) is 15.2. The summed E-state index contributed by atoms with van der Waals surface area (Å²) in [6.45, 7) is 2.94. The van der Waals surface area contributed by atoms with Crippen molar-refractivity contribution in [3.63, 3.8) is 0 Å². The van der Waals surface area contributed by atoms with Gasteiger partial charge in [0.05, 0.1) is 16.7 Å². The number of carbonyl (C=O) groups excluding carboxylic acids is 3. The van der Waals surface area contributed by atoms with Crippen LogP contribution in [0.5, 0.6) is 0 Å². The first-order valence-electron chi connectivity index (χ1n) is 11.6. The summed E-state index contributed by atoms with van der Waals surface area (Å²) in [7, 11) is 3.67. The number of aliphatic hydroxyl groups is 1. The van der Waals surface area contributed by atoms with Crippen molar-refractivity contribution in [3.8, 4) is 0 Å². The average Bonchev–Trinajstić information content (AvgIpc) is 3.52. The van der Waals surface area contributed by atoms with E-state index in [2.05, 4.69) is 22.6 Å². The molecule has 4 heterocycles. The van der Waals surface area contributed by atoms with Crippen LogP contribution < -0.4 is 10.6 Å². The van der Waals surface area contributed by atoms with Crippen molar-refractivity contribution >= 4 is 40.8 Å².